The van der Waals surface area contributed by atoms with E-state index in [-0.39, 0.29) is 18.9 Å². The number of amides is 3. The third kappa shape index (κ3) is 4.29. The first-order chi connectivity index (χ1) is 16.2. The second-order valence-corrected chi connectivity index (χ2v) is 8.72. The number of β-lactam (4-membered cyclic amide) rings is 1. The lowest BCUT2D eigenvalue weighted by Gasteiger charge is -2.50. The van der Waals surface area contributed by atoms with Gasteiger partial charge in [-0.2, -0.15) is 0 Å². The van der Waals surface area contributed by atoms with E-state index in [2.05, 4.69) is 0 Å². The van der Waals surface area contributed by atoms with Gasteiger partial charge in [0.25, 0.3) is 23.4 Å². The zero-order valence-electron chi connectivity index (χ0n) is 17.6. The highest BCUT2D eigenvalue weighted by Gasteiger charge is 2.57. The number of thioether (sulfide) groups is 1. The Kier molecular flexibility index (Phi) is 6.20. The second-order valence-electron chi connectivity index (χ2n) is 7.49. The molecule has 3 amide bonds. The molecule has 12 nitrogen and oxygen atoms in total. The molecule has 1 aromatic rings. The lowest BCUT2D eigenvalue weighted by atomic mass is 10.0. The highest BCUT2D eigenvalue weighted by atomic mass is 32.2. The fraction of sp³-hybridized carbons (Fsp3) is 0.286. The van der Waals surface area contributed by atoms with Gasteiger partial charge in [-0.15, -0.1) is 11.8 Å². The zero-order chi connectivity index (χ0) is 24.6. The molecule has 0 N–H and O–H groups in total. The van der Waals surface area contributed by atoms with Crippen LogP contribution in [0.2, 0.25) is 0 Å². The van der Waals surface area contributed by atoms with E-state index in [1.807, 2.05) is 0 Å². The monoisotopic (exact) mass is 487 g/mol. The van der Waals surface area contributed by atoms with Crippen LogP contribution in [0.25, 0.3) is 0 Å². The predicted octanol–water partition coefficient (Wildman–Crippen LogP) is 0.662. The van der Waals surface area contributed by atoms with E-state index in [0.717, 1.165) is 28.8 Å². The molecule has 0 bridgehead atoms. The molecule has 13 heteroatoms. The van der Waals surface area contributed by atoms with Gasteiger partial charge in [-0.3, -0.25) is 39.0 Å². The minimum atomic E-state index is -1.07. The first-order valence-electron chi connectivity index (χ1n) is 9.94. The van der Waals surface area contributed by atoms with Crippen molar-refractivity contribution in [3.8, 4) is 0 Å². The summed E-state index contributed by atoms with van der Waals surface area (Å²) in [5.74, 6) is -3.01. The number of non-ortho nitro benzene ring substituents is 1. The molecule has 1 fully saturated rings. The number of rotatable bonds is 7. The van der Waals surface area contributed by atoms with E-state index in [1.165, 1.54) is 42.3 Å². The minimum absolute atomic E-state index is 0.106. The number of ether oxygens (including phenoxy) is 2. The van der Waals surface area contributed by atoms with E-state index in [4.69, 9.17) is 9.47 Å². The second kappa shape index (κ2) is 9.09. The maximum atomic E-state index is 12.9. The van der Waals surface area contributed by atoms with E-state index in [9.17, 15) is 34.1 Å². The standard InChI is InChI=1S/C21H17N3O9S/c1-11(25)32-10-13-8-22-19(28)17(23-15(26)6-7-16(23)27)20(22)34-18(13)21(29)33-9-12-2-4-14(5-3-12)24(30)31/h2-8,17-18,20H,9-10H2,1H3/t17?,18?,20-/m1/s1. The molecular weight excluding hydrogens is 470 g/mol. The number of esters is 2. The molecule has 0 spiro atoms. The van der Waals surface area contributed by atoms with Crippen LogP contribution in [0.3, 0.4) is 0 Å². The number of hydrogen-bond acceptors (Lipinski definition) is 10. The molecule has 1 saturated heterocycles. The zero-order valence-corrected chi connectivity index (χ0v) is 18.4. The van der Waals surface area contributed by atoms with E-state index >= 15 is 0 Å². The Hall–Kier alpha value is -4.00. The van der Waals surface area contributed by atoms with Crippen LogP contribution in [0.5, 0.6) is 0 Å². The van der Waals surface area contributed by atoms with Crippen LogP contribution >= 0.6 is 11.8 Å². The summed E-state index contributed by atoms with van der Waals surface area (Å²) >= 11 is 1.00. The Labute approximate surface area is 196 Å². The maximum Gasteiger partial charge on any atom is 0.323 e. The van der Waals surface area contributed by atoms with Crippen LogP contribution in [0.1, 0.15) is 12.5 Å². The summed E-state index contributed by atoms with van der Waals surface area (Å²) in [5.41, 5.74) is 0.711. The molecule has 1 aromatic carbocycles. The van der Waals surface area contributed by atoms with E-state index in [1.54, 1.807) is 0 Å². The SMILES string of the molecule is CC(=O)OCC1=CN2C(=O)C(N3C(=O)C=CC3=O)[C@H]2SC1C(=O)OCc1ccc([N+](=O)[O-])cc1. The Bertz CT molecular complexity index is 1140. The predicted molar refractivity (Wildman–Crippen MR) is 114 cm³/mol. The van der Waals surface area contributed by atoms with Gasteiger partial charge in [0.1, 0.15) is 29.9 Å². The third-order valence-electron chi connectivity index (χ3n) is 5.27. The van der Waals surface area contributed by atoms with Crippen molar-refractivity contribution in [1.82, 2.24) is 9.80 Å². The first kappa shape index (κ1) is 23.2. The molecule has 176 valence electrons. The fourth-order valence-electron chi connectivity index (χ4n) is 3.59. The average molecular weight is 487 g/mol. The van der Waals surface area contributed by atoms with Gasteiger partial charge in [0.15, 0.2) is 0 Å². The normalized spacial score (nSPS) is 23.3. The van der Waals surface area contributed by atoms with Crippen molar-refractivity contribution in [3.63, 3.8) is 0 Å². The summed E-state index contributed by atoms with van der Waals surface area (Å²) in [6.45, 7) is 0.770. The molecular formula is C21H17N3O9S. The summed E-state index contributed by atoms with van der Waals surface area (Å²) in [6, 6.07) is 4.40. The lowest BCUT2D eigenvalue weighted by molar-refractivity contribution is -0.384. The van der Waals surface area contributed by atoms with Gasteiger partial charge in [-0.1, -0.05) is 0 Å². The fourth-order valence-corrected chi connectivity index (χ4v) is 5.04. The van der Waals surface area contributed by atoms with Crippen molar-refractivity contribution >= 4 is 47.1 Å². The average Bonchev–Trinajstić information content (AvgIpc) is 3.13. The summed E-state index contributed by atoms with van der Waals surface area (Å²) in [5, 5.41) is 9.09. The lowest BCUT2D eigenvalue weighted by Crippen LogP contribution is -2.70. The van der Waals surface area contributed by atoms with Crippen LogP contribution in [0, 0.1) is 10.1 Å². The molecule has 3 aliphatic rings. The van der Waals surface area contributed by atoms with Crippen LogP contribution < -0.4 is 0 Å². The number of hydrogen-bond donors (Lipinski definition) is 0. The number of benzene rings is 1. The Morgan fingerprint density at radius 2 is 1.71 bits per heavy atom. The van der Waals surface area contributed by atoms with Gasteiger partial charge in [-0.25, -0.2) is 0 Å². The van der Waals surface area contributed by atoms with Gasteiger partial charge in [0, 0.05) is 43.0 Å². The molecule has 2 unspecified atom stereocenters. The van der Waals surface area contributed by atoms with Crippen molar-refractivity contribution < 1.29 is 38.4 Å². The number of fused-ring (bicyclic) bond motifs is 1. The Morgan fingerprint density at radius 1 is 1.06 bits per heavy atom. The van der Waals surface area contributed by atoms with Gasteiger partial charge in [0.05, 0.1) is 4.92 Å². The Morgan fingerprint density at radius 3 is 2.29 bits per heavy atom. The largest absolute Gasteiger partial charge is 0.461 e. The van der Waals surface area contributed by atoms with Crippen molar-refractivity contribution in [2.75, 3.05) is 6.61 Å². The van der Waals surface area contributed by atoms with Crippen LogP contribution in [-0.4, -0.2) is 67.7 Å². The molecule has 0 aliphatic carbocycles. The smallest absolute Gasteiger partial charge is 0.323 e. The number of nitro benzene ring substituents is 1. The topological polar surface area (TPSA) is 153 Å². The van der Waals surface area contributed by atoms with Crippen LogP contribution in [0.15, 0.2) is 48.2 Å². The van der Waals surface area contributed by atoms with E-state index in [0.29, 0.717) is 11.1 Å². The van der Waals surface area contributed by atoms with Crippen LogP contribution in [0.4, 0.5) is 5.69 Å². The van der Waals surface area contributed by atoms with Crippen molar-refractivity contribution in [2.45, 2.75) is 30.2 Å². The van der Waals surface area contributed by atoms with Gasteiger partial charge >= 0.3 is 11.9 Å². The first-order valence-corrected chi connectivity index (χ1v) is 10.9. The van der Waals surface area contributed by atoms with Crippen molar-refractivity contribution in [2.24, 2.45) is 0 Å². The molecule has 3 heterocycles. The molecule has 3 atom stereocenters. The summed E-state index contributed by atoms with van der Waals surface area (Å²) in [6.07, 6.45) is 3.52. The number of nitro groups is 1. The third-order valence-corrected chi connectivity index (χ3v) is 6.81. The maximum absolute atomic E-state index is 12.9. The van der Waals surface area contributed by atoms with Crippen molar-refractivity contribution in [1.29, 1.82) is 0 Å². The number of imide groups is 1. The summed E-state index contributed by atoms with van der Waals surface area (Å²) in [7, 11) is 0. The minimum Gasteiger partial charge on any atom is -0.461 e. The molecule has 0 radical (unpaired) electrons. The van der Waals surface area contributed by atoms with Crippen molar-refractivity contribution in [3.05, 3.63) is 63.9 Å². The molecule has 0 saturated carbocycles. The van der Waals surface area contributed by atoms with E-state index < -0.39 is 51.2 Å². The number of nitrogens with zero attached hydrogens (tertiary/aromatic N) is 3. The Balaban J connectivity index is 1.50. The number of carbonyl (C=O) groups excluding carboxylic acids is 5. The highest BCUT2D eigenvalue weighted by Crippen LogP contribution is 2.43. The number of carbonyl (C=O) groups is 5. The molecule has 0 aromatic heterocycles. The quantitative estimate of drug-likeness (QED) is 0.176. The highest BCUT2D eigenvalue weighted by molar-refractivity contribution is 8.01. The van der Waals surface area contributed by atoms with Crippen LogP contribution in [-0.2, 0) is 40.1 Å². The molecule has 34 heavy (non-hydrogen) atoms. The van der Waals surface area contributed by atoms with Gasteiger partial charge < -0.3 is 14.4 Å². The summed E-state index contributed by atoms with van der Waals surface area (Å²) in [4.78, 5) is 73.3. The molecule has 4 rings (SSSR count). The van der Waals surface area contributed by atoms with Gasteiger partial charge in [0.2, 0.25) is 0 Å². The summed E-state index contributed by atoms with van der Waals surface area (Å²) < 4.78 is 10.4. The molecule has 3 aliphatic heterocycles. The van der Waals surface area contributed by atoms with Gasteiger partial charge in [-0.05, 0) is 17.7 Å².